The average Bonchev–Trinajstić information content (AvgIpc) is 2.79. The summed E-state index contributed by atoms with van der Waals surface area (Å²) in [6.07, 6.45) is 0.241. The Labute approximate surface area is 188 Å². The maximum Gasteiger partial charge on any atom is 0.338 e. The molecule has 2 aromatic carbocycles. The predicted molar refractivity (Wildman–Crippen MR) is 115 cm³/mol. The van der Waals surface area contributed by atoms with Crippen molar-refractivity contribution in [1.29, 1.82) is 0 Å². The van der Waals surface area contributed by atoms with E-state index in [-0.39, 0.29) is 40.9 Å². The number of amides is 3. The number of esters is 1. The Morgan fingerprint density at radius 2 is 1.75 bits per heavy atom. The summed E-state index contributed by atoms with van der Waals surface area (Å²) in [5.41, 5.74) is 3.32. The van der Waals surface area contributed by atoms with E-state index in [1.54, 1.807) is 0 Å². The predicted octanol–water partition coefficient (Wildman–Crippen LogP) is 2.31. The number of carbonyl (C=O) groups is 4. The van der Waals surface area contributed by atoms with Crippen LogP contribution in [0.2, 0.25) is 5.02 Å². The van der Waals surface area contributed by atoms with Crippen molar-refractivity contribution in [3.8, 4) is 11.5 Å². The standard InChI is InChI=1S/C21H20ClN3O7/c1-30-16-10-17(31-2)15(9-14(16)22)23-19(27)11-32-21(29)12-3-5-13(6-4-12)25-20(28)8-7-18(26)24-25/h3-6,9-10H,7-8,11H2,1-2H3,(H,23,27)(H,24,26). The lowest BCUT2D eigenvalue weighted by molar-refractivity contribution is -0.130. The molecule has 10 nitrogen and oxygen atoms in total. The molecule has 168 valence electrons. The highest BCUT2D eigenvalue weighted by atomic mass is 35.5. The smallest absolute Gasteiger partial charge is 0.338 e. The highest BCUT2D eigenvalue weighted by molar-refractivity contribution is 6.32. The second kappa shape index (κ2) is 10.0. The van der Waals surface area contributed by atoms with Crippen molar-refractivity contribution in [3.63, 3.8) is 0 Å². The van der Waals surface area contributed by atoms with Gasteiger partial charge in [0.05, 0.1) is 36.2 Å². The van der Waals surface area contributed by atoms with Crippen LogP contribution in [0.4, 0.5) is 11.4 Å². The molecule has 0 unspecified atom stereocenters. The zero-order valence-corrected chi connectivity index (χ0v) is 18.0. The van der Waals surface area contributed by atoms with Gasteiger partial charge in [0.1, 0.15) is 11.5 Å². The second-order valence-electron chi connectivity index (χ2n) is 6.62. The Morgan fingerprint density at radius 1 is 1.06 bits per heavy atom. The topological polar surface area (TPSA) is 123 Å². The molecule has 0 bridgehead atoms. The number of nitrogens with one attached hydrogen (secondary N) is 2. The van der Waals surface area contributed by atoms with E-state index in [1.807, 2.05) is 0 Å². The summed E-state index contributed by atoms with van der Waals surface area (Å²) in [6, 6.07) is 8.81. The summed E-state index contributed by atoms with van der Waals surface area (Å²) in [6.45, 7) is -0.548. The molecule has 0 radical (unpaired) electrons. The first-order valence-corrected chi connectivity index (χ1v) is 9.81. The van der Waals surface area contributed by atoms with Gasteiger partial charge in [-0.2, -0.15) is 0 Å². The van der Waals surface area contributed by atoms with Gasteiger partial charge in [0.25, 0.3) is 5.91 Å². The van der Waals surface area contributed by atoms with E-state index in [0.29, 0.717) is 17.2 Å². The lowest BCUT2D eigenvalue weighted by Gasteiger charge is -2.27. The molecule has 2 N–H and O–H groups in total. The number of hydrazine groups is 1. The van der Waals surface area contributed by atoms with Gasteiger partial charge in [0.15, 0.2) is 6.61 Å². The Bertz CT molecular complexity index is 1060. The van der Waals surface area contributed by atoms with Crippen LogP contribution in [0.15, 0.2) is 36.4 Å². The number of benzene rings is 2. The van der Waals surface area contributed by atoms with Crippen LogP contribution in [0.5, 0.6) is 11.5 Å². The van der Waals surface area contributed by atoms with Crippen molar-refractivity contribution in [2.45, 2.75) is 12.8 Å². The van der Waals surface area contributed by atoms with Crippen molar-refractivity contribution in [3.05, 3.63) is 47.0 Å². The number of rotatable bonds is 7. The highest BCUT2D eigenvalue weighted by Crippen LogP contribution is 2.35. The van der Waals surface area contributed by atoms with Crippen molar-refractivity contribution >= 4 is 46.7 Å². The molecule has 11 heteroatoms. The average molecular weight is 462 g/mol. The fourth-order valence-corrected chi connectivity index (χ4v) is 3.13. The second-order valence-corrected chi connectivity index (χ2v) is 7.03. The molecule has 0 aromatic heterocycles. The SMILES string of the molecule is COc1cc(OC)c(NC(=O)COC(=O)c2ccc(N3NC(=O)CCC3=O)cc2)cc1Cl. The van der Waals surface area contributed by atoms with Gasteiger partial charge in [0, 0.05) is 18.9 Å². The maximum atomic E-state index is 12.3. The third-order valence-corrected chi connectivity index (χ3v) is 4.79. The zero-order valence-electron chi connectivity index (χ0n) is 17.3. The number of halogens is 1. The van der Waals surface area contributed by atoms with Crippen molar-refractivity contribution < 1.29 is 33.4 Å². The molecular weight excluding hydrogens is 442 g/mol. The van der Waals surface area contributed by atoms with Gasteiger partial charge in [-0.1, -0.05) is 11.6 Å². The van der Waals surface area contributed by atoms with Gasteiger partial charge in [-0.05, 0) is 30.3 Å². The summed E-state index contributed by atoms with van der Waals surface area (Å²) in [7, 11) is 2.87. The first-order valence-electron chi connectivity index (χ1n) is 9.43. The van der Waals surface area contributed by atoms with Crippen molar-refractivity contribution in [2.75, 3.05) is 31.2 Å². The van der Waals surface area contributed by atoms with E-state index in [2.05, 4.69) is 10.7 Å². The largest absolute Gasteiger partial charge is 0.495 e. The van der Waals surface area contributed by atoms with Crippen molar-refractivity contribution in [1.82, 2.24) is 5.43 Å². The number of nitrogens with zero attached hydrogens (tertiary/aromatic N) is 1. The molecule has 3 rings (SSSR count). The summed E-state index contributed by atoms with van der Waals surface area (Å²) in [4.78, 5) is 47.9. The first-order chi connectivity index (χ1) is 15.3. The highest BCUT2D eigenvalue weighted by Gasteiger charge is 2.24. The monoisotopic (exact) mass is 461 g/mol. The van der Waals surface area contributed by atoms with Gasteiger partial charge >= 0.3 is 5.97 Å². The Balaban J connectivity index is 1.59. The summed E-state index contributed by atoms with van der Waals surface area (Å²) in [5.74, 6) is -1.17. The van der Waals surface area contributed by atoms with Crippen molar-refractivity contribution in [2.24, 2.45) is 0 Å². The van der Waals surface area contributed by atoms with E-state index in [9.17, 15) is 19.2 Å². The van der Waals surface area contributed by atoms with Gasteiger partial charge in [0.2, 0.25) is 11.8 Å². The molecular formula is C21H20ClN3O7. The minimum Gasteiger partial charge on any atom is -0.495 e. The van der Waals surface area contributed by atoms with E-state index < -0.39 is 18.5 Å². The van der Waals surface area contributed by atoms with E-state index in [4.69, 9.17) is 25.8 Å². The number of carbonyl (C=O) groups excluding carboxylic acids is 4. The van der Waals surface area contributed by atoms with Gasteiger partial charge in [-0.15, -0.1) is 0 Å². The molecule has 1 fully saturated rings. The fraction of sp³-hybridized carbons (Fsp3) is 0.238. The Morgan fingerprint density at radius 3 is 2.41 bits per heavy atom. The van der Waals surface area contributed by atoms with Crippen LogP contribution in [0.1, 0.15) is 23.2 Å². The van der Waals surface area contributed by atoms with Crippen LogP contribution >= 0.6 is 11.6 Å². The zero-order chi connectivity index (χ0) is 23.3. The minimum absolute atomic E-state index is 0.106. The Kier molecular flexibility index (Phi) is 7.16. The maximum absolute atomic E-state index is 12.3. The van der Waals surface area contributed by atoms with Crippen LogP contribution in [0.25, 0.3) is 0 Å². The third kappa shape index (κ3) is 5.27. The van der Waals surface area contributed by atoms with Gasteiger partial charge < -0.3 is 19.5 Å². The molecule has 32 heavy (non-hydrogen) atoms. The van der Waals surface area contributed by atoms with Crippen LogP contribution in [-0.4, -0.2) is 44.5 Å². The number of hydrogen-bond donors (Lipinski definition) is 2. The number of hydrogen-bond acceptors (Lipinski definition) is 7. The molecule has 1 aliphatic rings. The number of anilines is 2. The van der Waals surface area contributed by atoms with E-state index in [1.165, 1.54) is 50.6 Å². The van der Waals surface area contributed by atoms with Crippen LogP contribution in [0.3, 0.4) is 0 Å². The Hall–Kier alpha value is -3.79. The molecule has 0 saturated carbocycles. The van der Waals surface area contributed by atoms with Gasteiger partial charge in [-0.25, -0.2) is 9.80 Å². The van der Waals surface area contributed by atoms with Crippen LogP contribution in [-0.2, 0) is 19.1 Å². The molecule has 0 aliphatic carbocycles. The van der Waals surface area contributed by atoms with E-state index in [0.717, 1.165) is 5.01 Å². The number of ether oxygens (including phenoxy) is 3. The summed E-state index contributed by atoms with van der Waals surface area (Å²) in [5, 5.41) is 3.95. The molecule has 0 spiro atoms. The van der Waals surface area contributed by atoms with Gasteiger partial charge in [-0.3, -0.25) is 19.8 Å². The summed E-state index contributed by atoms with van der Waals surface area (Å²) >= 11 is 6.07. The summed E-state index contributed by atoms with van der Waals surface area (Å²) < 4.78 is 15.3. The fourth-order valence-electron chi connectivity index (χ4n) is 2.89. The molecule has 1 heterocycles. The van der Waals surface area contributed by atoms with Crippen LogP contribution < -0.4 is 25.2 Å². The lowest BCUT2D eigenvalue weighted by atomic mass is 10.2. The molecule has 1 aliphatic heterocycles. The molecule has 2 aromatic rings. The first kappa shape index (κ1) is 22.9. The molecule has 3 amide bonds. The number of methoxy groups -OCH3 is 2. The lowest BCUT2D eigenvalue weighted by Crippen LogP contribution is -2.50. The molecule has 1 saturated heterocycles. The minimum atomic E-state index is -0.736. The van der Waals surface area contributed by atoms with E-state index >= 15 is 0 Å². The quantitative estimate of drug-likeness (QED) is 0.606. The third-order valence-electron chi connectivity index (χ3n) is 4.50. The molecule has 0 atom stereocenters. The van der Waals surface area contributed by atoms with Crippen LogP contribution in [0, 0.1) is 0 Å². The normalized spacial score (nSPS) is 13.3.